The summed E-state index contributed by atoms with van der Waals surface area (Å²) in [6.45, 7) is 0. The molecule has 2 aromatic rings. The van der Waals surface area contributed by atoms with Crippen LogP contribution in [0.4, 0.5) is 4.39 Å². The van der Waals surface area contributed by atoms with Crippen molar-refractivity contribution in [2.24, 2.45) is 0 Å². The molecule has 0 heterocycles. The zero-order valence-electron chi connectivity index (χ0n) is 8.69. The number of carbonyl (C=O) groups excluding carboxylic acids is 1. The highest BCUT2D eigenvalue weighted by Gasteiger charge is 2.03. The highest BCUT2D eigenvalue weighted by atomic mass is 35.5. The van der Waals surface area contributed by atoms with Gasteiger partial charge in [0.1, 0.15) is 5.82 Å². The minimum absolute atomic E-state index is 0.273. The van der Waals surface area contributed by atoms with Crippen molar-refractivity contribution in [2.45, 2.75) is 9.79 Å². The minimum atomic E-state index is -0.273. The number of aldehydes is 1. The third-order valence-corrected chi connectivity index (χ3v) is 3.44. The monoisotopic (exact) mass is 266 g/mol. The number of benzene rings is 2. The van der Waals surface area contributed by atoms with Crippen LogP contribution in [-0.4, -0.2) is 6.29 Å². The molecule has 1 nitrogen and oxygen atoms in total. The summed E-state index contributed by atoms with van der Waals surface area (Å²) in [5, 5.41) is 0.404. The molecule has 4 heteroatoms. The average molecular weight is 267 g/mol. The van der Waals surface area contributed by atoms with Gasteiger partial charge in [-0.3, -0.25) is 4.79 Å². The van der Waals surface area contributed by atoms with Gasteiger partial charge in [-0.15, -0.1) is 0 Å². The lowest BCUT2D eigenvalue weighted by molar-refractivity contribution is 0.112. The van der Waals surface area contributed by atoms with E-state index in [4.69, 9.17) is 11.6 Å². The Kier molecular flexibility index (Phi) is 3.82. The molecule has 17 heavy (non-hydrogen) atoms. The van der Waals surface area contributed by atoms with Gasteiger partial charge in [0.15, 0.2) is 6.29 Å². The van der Waals surface area contributed by atoms with Crippen LogP contribution in [0.5, 0.6) is 0 Å². The first-order valence-corrected chi connectivity index (χ1v) is 6.06. The number of carbonyl (C=O) groups is 1. The Bertz CT molecular complexity index is 557. The van der Waals surface area contributed by atoms with Crippen molar-refractivity contribution in [3.05, 3.63) is 58.9 Å². The highest BCUT2D eigenvalue weighted by Crippen LogP contribution is 2.30. The Hall–Kier alpha value is -1.32. The first-order valence-electron chi connectivity index (χ1n) is 4.87. The van der Waals surface area contributed by atoms with Gasteiger partial charge in [-0.05, 0) is 36.4 Å². The van der Waals surface area contributed by atoms with E-state index in [-0.39, 0.29) is 5.82 Å². The second-order valence-corrected chi connectivity index (χ2v) is 4.91. The molecule has 0 aromatic heterocycles. The van der Waals surface area contributed by atoms with Crippen LogP contribution in [0.2, 0.25) is 5.02 Å². The quantitative estimate of drug-likeness (QED) is 0.764. The van der Waals surface area contributed by atoms with Crippen LogP contribution in [-0.2, 0) is 0 Å². The smallest absolute Gasteiger partial charge is 0.151 e. The van der Waals surface area contributed by atoms with E-state index in [1.54, 1.807) is 24.3 Å². The summed E-state index contributed by atoms with van der Waals surface area (Å²) in [5.41, 5.74) is 0.454. The van der Waals surface area contributed by atoms with Crippen molar-refractivity contribution in [1.82, 2.24) is 0 Å². The van der Waals surface area contributed by atoms with Gasteiger partial charge in [0.2, 0.25) is 0 Å². The lowest BCUT2D eigenvalue weighted by atomic mass is 10.2. The summed E-state index contributed by atoms with van der Waals surface area (Å²) in [6.07, 6.45) is 0.707. The molecule has 0 spiro atoms. The number of rotatable bonds is 3. The summed E-state index contributed by atoms with van der Waals surface area (Å²) >= 11 is 7.30. The molecule has 2 aromatic carbocycles. The van der Waals surface area contributed by atoms with Crippen molar-refractivity contribution in [2.75, 3.05) is 0 Å². The third-order valence-electron chi connectivity index (χ3n) is 2.13. The molecule has 86 valence electrons. The van der Waals surface area contributed by atoms with Crippen LogP contribution >= 0.6 is 23.4 Å². The standard InChI is InChI=1S/C13H8ClFOS/c14-13-7-12(5-4-9(13)8-16)17-11-3-1-2-10(15)6-11/h1-8H. The molecular formula is C13H8ClFOS. The summed E-state index contributed by atoms with van der Waals surface area (Å²) in [4.78, 5) is 12.3. The lowest BCUT2D eigenvalue weighted by Gasteiger charge is -2.03. The van der Waals surface area contributed by atoms with Crippen LogP contribution in [0.25, 0.3) is 0 Å². The first kappa shape index (κ1) is 12.1. The molecule has 0 atom stereocenters. The summed E-state index contributed by atoms with van der Waals surface area (Å²) in [7, 11) is 0. The molecule has 0 bridgehead atoms. The van der Waals surface area contributed by atoms with Crippen LogP contribution in [0.15, 0.2) is 52.3 Å². The predicted octanol–water partition coefficient (Wildman–Crippen LogP) is 4.44. The number of hydrogen-bond donors (Lipinski definition) is 0. The van der Waals surface area contributed by atoms with Crippen LogP contribution < -0.4 is 0 Å². The largest absolute Gasteiger partial charge is 0.298 e. The van der Waals surface area contributed by atoms with E-state index >= 15 is 0 Å². The molecule has 0 radical (unpaired) electrons. The van der Waals surface area contributed by atoms with Crippen molar-refractivity contribution in [3.8, 4) is 0 Å². The maximum absolute atomic E-state index is 13.0. The second-order valence-electron chi connectivity index (χ2n) is 3.36. The van der Waals surface area contributed by atoms with Crippen LogP contribution in [0.1, 0.15) is 10.4 Å². The minimum Gasteiger partial charge on any atom is -0.298 e. The van der Waals surface area contributed by atoms with E-state index in [1.807, 2.05) is 6.07 Å². The number of hydrogen-bond acceptors (Lipinski definition) is 2. The zero-order chi connectivity index (χ0) is 12.3. The highest BCUT2D eigenvalue weighted by molar-refractivity contribution is 7.99. The Balaban J connectivity index is 2.24. The SMILES string of the molecule is O=Cc1ccc(Sc2cccc(F)c2)cc1Cl. The fourth-order valence-electron chi connectivity index (χ4n) is 1.33. The third kappa shape index (κ3) is 3.08. The first-order chi connectivity index (χ1) is 8.19. The van der Waals surface area contributed by atoms with Crippen LogP contribution in [0.3, 0.4) is 0 Å². The van der Waals surface area contributed by atoms with Gasteiger partial charge in [-0.2, -0.15) is 0 Å². The topological polar surface area (TPSA) is 17.1 Å². The van der Waals surface area contributed by atoms with Gasteiger partial charge in [0, 0.05) is 15.4 Å². The van der Waals surface area contributed by atoms with E-state index in [2.05, 4.69) is 0 Å². The zero-order valence-corrected chi connectivity index (χ0v) is 10.3. The van der Waals surface area contributed by atoms with Crippen molar-refractivity contribution in [3.63, 3.8) is 0 Å². The number of halogens is 2. The molecule has 0 amide bonds. The predicted molar refractivity (Wildman–Crippen MR) is 67.4 cm³/mol. The molecule has 0 saturated carbocycles. The molecule has 0 saturated heterocycles. The molecule has 0 aliphatic heterocycles. The molecule has 0 fully saturated rings. The van der Waals surface area contributed by atoms with E-state index in [9.17, 15) is 9.18 Å². The van der Waals surface area contributed by atoms with Crippen molar-refractivity contribution in [1.29, 1.82) is 0 Å². The molecule has 2 rings (SSSR count). The second kappa shape index (κ2) is 5.34. The Morgan fingerprint density at radius 2 is 1.88 bits per heavy atom. The van der Waals surface area contributed by atoms with E-state index < -0.39 is 0 Å². The molecule has 0 aliphatic carbocycles. The summed E-state index contributed by atoms with van der Waals surface area (Å²) in [5.74, 6) is -0.273. The Morgan fingerprint density at radius 1 is 1.12 bits per heavy atom. The van der Waals surface area contributed by atoms with Gasteiger partial charge in [-0.25, -0.2) is 4.39 Å². The molecule has 0 N–H and O–H groups in total. The van der Waals surface area contributed by atoms with Gasteiger partial charge in [-0.1, -0.05) is 29.4 Å². The van der Waals surface area contributed by atoms with E-state index in [1.165, 1.54) is 23.9 Å². The van der Waals surface area contributed by atoms with Gasteiger partial charge >= 0.3 is 0 Å². The summed E-state index contributed by atoms with van der Waals surface area (Å²) < 4.78 is 13.0. The normalized spacial score (nSPS) is 10.2. The maximum Gasteiger partial charge on any atom is 0.151 e. The lowest BCUT2D eigenvalue weighted by Crippen LogP contribution is -1.82. The maximum atomic E-state index is 13.0. The summed E-state index contributed by atoms with van der Waals surface area (Å²) in [6, 6.07) is 11.4. The van der Waals surface area contributed by atoms with Crippen molar-refractivity contribution < 1.29 is 9.18 Å². The molecule has 0 aliphatic rings. The average Bonchev–Trinajstić information content (AvgIpc) is 2.29. The molecular weight excluding hydrogens is 259 g/mol. The van der Waals surface area contributed by atoms with E-state index in [0.717, 1.165) is 9.79 Å². The Morgan fingerprint density at radius 3 is 2.53 bits per heavy atom. The van der Waals surface area contributed by atoms with Crippen LogP contribution in [0, 0.1) is 5.82 Å². The Labute approximate surface area is 108 Å². The van der Waals surface area contributed by atoms with Crippen molar-refractivity contribution >= 4 is 29.6 Å². The van der Waals surface area contributed by atoms with Gasteiger partial charge in [0.05, 0.1) is 5.02 Å². The fraction of sp³-hybridized carbons (Fsp3) is 0. The molecule has 0 unspecified atom stereocenters. The van der Waals surface area contributed by atoms with E-state index in [0.29, 0.717) is 16.9 Å². The van der Waals surface area contributed by atoms with Gasteiger partial charge in [0.25, 0.3) is 0 Å². The van der Waals surface area contributed by atoms with Gasteiger partial charge < -0.3 is 0 Å². The fourth-order valence-corrected chi connectivity index (χ4v) is 2.53.